The van der Waals surface area contributed by atoms with Gasteiger partial charge in [-0.15, -0.1) is 0 Å². The highest BCUT2D eigenvalue weighted by molar-refractivity contribution is 7.89. The molecule has 1 aromatic heterocycles. The first-order valence-electron chi connectivity index (χ1n) is 13.1. The number of anilines is 1. The maximum absolute atomic E-state index is 13.7. The molecule has 0 bridgehead atoms. The van der Waals surface area contributed by atoms with Crippen molar-refractivity contribution in [1.82, 2.24) is 14.2 Å². The molecule has 1 aliphatic heterocycles. The van der Waals surface area contributed by atoms with Gasteiger partial charge in [0.15, 0.2) is 5.75 Å². The third-order valence-electron chi connectivity index (χ3n) is 7.09. The van der Waals surface area contributed by atoms with Crippen molar-refractivity contribution in [3.8, 4) is 11.5 Å². The van der Waals surface area contributed by atoms with Gasteiger partial charge in [-0.3, -0.25) is 14.6 Å². The number of likely N-dealkylation sites (N-methyl/N-ethyl adjacent to an activating group) is 1. The van der Waals surface area contributed by atoms with E-state index in [0.717, 1.165) is 0 Å². The number of hydrogen-bond donors (Lipinski definition) is 2. The molecule has 0 saturated carbocycles. The van der Waals surface area contributed by atoms with Gasteiger partial charge in [-0.1, -0.05) is 13.0 Å². The fourth-order valence-corrected chi connectivity index (χ4v) is 5.72. The van der Waals surface area contributed by atoms with Crippen molar-refractivity contribution >= 4 is 27.5 Å². The van der Waals surface area contributed by atoms with Crippen molar-refractivity contribution in [2.75, 3.05) is 39.2 Å². The topological polar surface area (TPSA) is 138 Å². The molecule has 2 heterocycles. The molecule has 0 fully saturated rings. The minimum absolute atomic E-state index is 0.0445. The predicted molar refractivity (Wildman–Crippen MR) is 153 cm³/mol. The van der Waals surface area contributed by atoms with E-state index >= 15 is 0 Å². The number of hydrogen-bond acceptors (Lipinski definition) is 8. The van der Waals surface area contributed by atoms with Gasteiger partial charge in [-0.05, 0) is 55.5 Å². The molecule has 218 valence electrons. The molecule has 2 aromatic carbocycles. The monoisotopic (exact) mass is 582 g/mol. The molecule has 1 aliphatic rings. The van der Waals surface area contributed by atoms with E-state index in [-0.39, 0.29) is 53.4 Å². The fourth-order valence-electron chi connectivity index (χ4n) is 4.54. The van der Waals surface area contributed by atoms with E-state index in [1.807, 2.05) is 6.92 Å². The maximum atomic E-state index is 13.7. The number of nitrogens with zero attached hydrogens (tertiary/aromatic N) is 3. The smallest absolute Gasteiger partial charge is 0.258 e. The largest absolute Gasteiger partial charge is 0.497 e. The standard InChI is InChI=1S/C29H34N4O7S/c1-19-16-33(20(2)18-34)29(36)24-6-5-7-25(31-28(35)21-12-14-30-15-13-21)27(24)40-26(19)17-32(3)41(37,38)23-10-8-22(39-4)9-11-23/h5-15,19-20,26,34H,16-18H2,1-4H3,(H,31,35)/t19-,20-,26-/m1/s1. The Kier molecular flexibility index (Phi) is 9.26. The second-order valence-electron chi connectivity index (χ2n) is 9.96. The number of para-hydroxylation sites is 1. The second kappa shape index (κ2) is 12.7. The number of rotatable bonds is 9. The maximum Gasteiger partial charge on any atom is 0.258 e. The van der Waals surface area contributed by atoms with Crippen LogP contribution in [0.3, 0.4) is 0 Å². The SMILES string of the molecule is COc1ccc(S(=O)(=O)N(C)C[C@H]2Oc3c(NC(=O)c4ccncc4)cccc3C(=O)N([C@H](C)CO)C[C@H]2C)cc1. The van der Waals surface area contributed by atoms with Crippen LogP contribution < -0.4 is 14.8 Å². The van der Waals surface area contributed by atoms with Crippen molar-refractivity contribution in [3.05, 3.63) is 78.1 Å². The third-order valence-corrected chi connectivity index (χ3v) is 8.92. The lowest BCUT2D eigenvalue weighted by Crippen LogP contribution is -2.50. The zero-order chi connectivity index (χ0) is 29.7. The van der Waals surface area contributed by atoms with E-state index in [0.29, 0.717) is 11.3 Å². The Labute approximate surface area is 239 Å². The lowest BCUT2D eigenvalue weighted by atomic mass is 9.99. The van der Waals surface area contributed by atoms with Gasteiger partial charge in [0.05, 0.1) is 42.4 Å². The molecule has 41 heavy (non-hydrogen) atoms. The van der Waals surface area contributed by atoms with Gasteiger partial charge >= 0.3 is 0 Å². The second-order valence-corrected chi connectivity index (χ2v) is 12.0. The van der Waals surface area contributed by atoms with Gasteiger partial charge < -0.3 is 24.8 Å². The number of amides is 2. The van der Waals surface area contributed by atoms with E-state index in [1.54, 1.807) is 54.3 Å². The molecule has 0 spiro atoms. The molecule has 0 radical (unpaired) electrons. The molecule has 0 aliphatic carbocycles. The average Bonchev–Trinajstić information content (AvgIpc) is 2.99. The van der Waals surface area contributed by atoms with Crippen LogP contribution in [-0.2, 0) is 10.0 Å². The van der Waals surface area contributed by atoms with Crippen molar-refractivity contribution in [2.45, 2.75) is 30.9 Å². The molecular weight excluding hydrogens is 548 g/mol. The van der Waals surface area contributed by atoms with Crippen LogP contribution in [0.2, 0.25) is 0 Å². The highest BCUT2D eigenvalue weighted by atomic mass is 32.2. The molecule has 4 rings (SSSR count). The number of fused-ring (bicyclic) bond motifs is 1. The molecule has 3 atom stereocenters. The van der Waals surface area contributed by atoms with Crippen LogP contribution in [0.5, 0.6) is 11.5 Å². The van der Waals surface area contributed by atoms with Gasteiger partial charge in [0.2, 0.25) is 10.0 Å². The van der Waals surface area contributed by atoms with Gasteiger partial charge in [0, 0.05) is 37.5 Å². The van der Waals surface area contributed by atoms with Crippen molar-refractivity contribution in [2.24, 2.45) is 5.92 Å². The number of sulfonamides is 1. The minimum Gasteiger partial charge on any atom is -0.497 e. The van der Waals surface area contributed by atoms with E-state index in [9.17, 15) is 23.1 Å². The summed E-state index contributed by atoms with van der Waals surface area (Å²) < 4.78 is 39.6. The molecule has 2 N–H and O–H groups in total. The first kappa shape index (κ1) is 30.0. The average molecular weight is 583 g/mol. The number of nitrogens with one attached hydrogen (secondary N) is 1. The fraction of sp³-hybridized carbons (Fsp3) is 0.345. The number of benzene rings is 2. The Morgan fingerprint density at radius 1 is 1.20 bits per heavy atom. The minimum atomic E-state index is -3.89. The van der Waals surface area contributed by atoms with Crippen LogP contribution in [0, 0.1) is 5.92 Å². The van der Waals surface area contributed by atoms with Crippen molar-refractivity contribution in [1.29, 1.82) is 0 Å². The highest BCUT2D eigenvalue weighted by Crippen LogP contribution is 2.35. The highest BCUT2D eigenvalue weighted by Gasteiger charge is 2.36. The lowest BCUT2D eigenvalue weighted by Gasteiger charge is -2.38. The van der Waals surface area contributed by atoms with Gasteiger partial charge in [0.1, 0.15) is 11.9 Å². The summed E-state index contributed by atoms with van der Waals surface area (Å²) in [5, 5.41) is 12.7. The van der Waals surface area contributed by atoms with Crippen LogP contribution in [0.4, 0.5) is 5.69 Å². The number of aliphatic hydroxyl groups is 1. The first-order valence-corrected chi connectivity index (χ1v) is 14.5. The summed E-state index contributed by atoms with van der Waals surface area (Å²) in [6.07, 6.45) is 2.28. The van der Waals surface area contributed by atoms with Crippen LogP contribution in [0.15, 0.2) is 71.9 Å². The van der Waals surface area contributed by atoms with Crippen LogP contribution in [0.1, 0.15) is 34.6 Å². The number of aromatic nitrogens is 1. The van der Waals surface area contributed by atoms with E-state index < -0.39 is 28.1 Å². The Bertz CT molecular complexity index is 1480. The lowest BCUT2D eigenvalue weighted by molar-refractivity contribution is 0.0388. The predicted octanol–water partition coefficient (Wildman–Crippen LogP) is 2.88. The van der Waals surface area contributed by atoms with E-state index in [1.165, 1.54) is 43.0 Å². The summed E-state index contributed by atoms with van der Waals surface area (Å²) in [4.78, 5) is 32.2. The van der Waals surface area contributed by atoms with Gasteiger partial charge in [-0.2, -0.15) is 4.31 Å². The number of ether oxygens (including phenoxy) is 2. The van der Waals surface area contributed by atoms with Crippen LogP contribution in [-0.4, -0.2) is 85.5 Å². The normalized spacial score (nSPS) is 18.1. The van der Waals surface area contributed by atoms with Crippen molar-refractivity contribution < 1.29 is 32.6 Å². The number of carbonyl (C=O) groups is 2. The molecule has 3 aromatic rings. The Morgan fingerprint density at radius 2 is 1.88 bits per heavy atom. The third kappa shape index (κ3) is 6.50. The Hall–Kier alpha value is -4.00. The molecule has 12 heteroatoms. The molecule has 2 amide bonds. The zero-order valence-corrected chi connectivity index (χ0v) is 24.2. The quantitative estimate of drug-likeness (QED) is 0.393. The van der Waals surface area contributed by atoms with E-state index in [4.69, 9.17) is 9.47 Å². The summed E-state index contributed by atoms with van der Waals surface area (Å²) in [6.45, 7) is 3.50. The Morgan fingerprint density at radius 3 is 2.51 bits per heavy atom. The summed E-state index contributed by atoms with van der Waals surface area (Å²) in [7, 11) is -0.930. The summed E-state index contributed by atoms with van der Waals surface area (Å²) >= 11 is 0. The summed E-state index contributed by atoms with van der Waals surface area (Å²) in [6, 6.07) is 13.5. The molecule has 11 nitrogen and oxygen atoms in total. The number of aliphatic hydroxyl groups excluding tert-OH is 1. The molecular formula is C29H34N4O7S. The molecule has 0 saturated heterocycles. The first-order chi connectivity index (χ1) is 19.6. The number of methoxy groups -OCH3 is 1. The van der Waals surface area contributed by atoms with Crippen LogP contribution in [0.25, 0.3) is 0 Å². The molecule has 0 unspecified atom stereocenters. The van der Waals surface area contributed by atoms with Crippen LogP contribution >= 0.6 is 0 Å². The Balaban J connectivity index is 1.71. The van der Waals surface area contributed by atoms with Crippen molar-refractivity contribution in [3.63, 3.8) is 0 Å². The van der Waals surface area contributed by atoms with Gasteiger partial charge in [0.25, 0.3) is 11.8 Å². The summed E-state index contributed by atoms with van der Waals surface area (Å²) in [5.41, 5.74) is 0.810. The van der Waals surface area contributed by atoms with Gasteiger partial charge in [-0.25, -0.2) is 8.42 Å². The number of carbonyl (C=O) groups excluding carboxylic acids is 2. The van der Waals surface area contributed by atoms with E-state index in [2.05, 4.69) is 10.3 Å². The zero-order valence-electron chi connectivity index (χ0n) is 23.4. The number of pyridine rings is 1. The summed E-state index contributed by atoms with van der Waals surface area (Å²) in [5.74, 6) is -0.487.